The van der Waals surface area contributed by atoms with Crippen LogP contribution in [0.5, 0.6) is 5.75 Å². The lowest BCUT2D eigenvalue weighted by Crippen LogP contribution is -2.49. The van der Waals surface area contributed by atoms with Crippen LogP contribution in [0.1, 0.15) is 57.6 Å². The van der Waals surface area contributed by atoms with E-state index in [1.807, 2.05) is 0 Å². The van der Waals surface area contributed by atoms with Crippen molar-refractivity contribution in [3.8, 4) is 5.75 Å². The Hall–Kier alpha value is -1.06. The second-order valence-corrected chi connectivity index (χ2v) is 8.51. The third kappa shape index (κ3) is 8.09. The van der Waals surface area contributed by atoms with Gasteiger partial charge in [0, 0.05) is 25.7 Å². The molecule has 0 aromatic heterocycles. The van der Waals surface area contributed by atoms with Crippen LogP contribution in [0, 0.1) is 0 Å². The van der Waals surface area contributed by atoms with Crippen molar-refractivity contribution < 1.29 is 4.74 Å². The van der Waals surface area contributed by atoms with Crippen molar-refractivity contribution in [3.63, 3.8) is 0 Å². The molecule has 2 aliphatic heterocycles. The molecule has 3 rings (SSSR count). The van der Waals surface area contributed by atoms with Crippen LogP contribution in [0.15, 0.2) is 29.3 Å². The molecule has 1 unspecified atom stereocenters. The predicted molar refractivity (Wildman–Crippen MR) is 141 cm³/mol. The van der Waals surface area contributed by atoms with Crippen molar-refractivity contribution in [3.05, 3.63) is 29.8 Å². The minimum Gasteiger partial charge on any atom is -0.497 e. The van der Waals surface area contributed by atoms with Gasteiger partial charge < -0.3 is 20.3 Å². The van der Waals surface area contributed by atoms with Gasteiger partial charge in [-0.3, -0.25) is 9.89 Å². The summed E-state index contributed by atoms with van der Waals surface area (Å²) in [5.41, 5.74) is 1.32. The summed E-state index contributed by atoms with van der Waals surface area (Å²) in [6.45, 7) is 12.0. The van der Waals surface area contributed by atoms with Gasteiger partial charge in [0.25, 0.3) is 0 Å². The van der Waals surface area contributed by atoms with Crippen LogP contribution in [-0.2, 0) is 0 Å². The Kier molecular flexibility index (Phi) is 12.0. The maximum atomic E-state index is 5.35. The van der Waals surface area contributed by atoms with E-state index in [0.29, 0.717) is 12.1 Å². The normalized spacial score (nSPS) is 19.6. The van der Waals surface area contributed by atoms with Gasteiger partial charge in [0.1, 0.15) is 5.75 Å². The molecule has 0 saturated carbocycles. The number of piperidine rings is 1. The van der Waals surface area contributed by atoms with Gasteiger partial charge in [0.05, 0.1) is 19.7 Å². The van der Waals surface area contributed by atoms with Crippen molar-refractivity contribution >= 4 is 29.9 Å². The van der Waals surface area contributed by atoms with E-state index in [0.717, 1.165) is 37.9 Å². The summed E-state index contributed by atoms with van der Waals surface area (Å²) in [6, 6.07) is 9.36. The average Bonchev–Trinajstić information content (AvgIpc) is 3.30. The van der Waals surface area contributed by atoms with Gasteiger partial charge in [0.2, 0.25) is 0 Å². The first-order valence-electron chi connectivity index (χ1n) is 11.9. The topological polar surface area (TPSA) is 52.1 Å². The van der Waals surface area contributed by atoms with E-state index < -0.39 is 0 Å². The molecule has 1 atom stereocenters. The molecule has 7 heteroatoms. The second kappa shape index (κ2) is 14.2. The number of hydrogen-bond donors (Lipinski definition) is 2. The number of ether oxygens (including phenoxy) is 1. The van der Waals surface area contributed by atoms with Gasteiger partial charge >= 0.3 is 0 Å². The Morgan fingerprint density at radius 2 is 1.77 bits per heavy atom. The van der Waals surface area contributed by atoms with Gasteiger partial charge in [0.15, 0.2) is 5.96 Å². The number of nitrogens with zero attached hydrogens (tertiary/aromatic N) is 3. The standard InChI is InChI=1S/C24H41N5O.HI/c1-4-14-28-17-12-21(13-18-28)27-24(25-5-2)26-19-23(29-15-6-7-16-29)20-8-10-22(30-3)11-9-20;/h8-11,21,23H,4-7,12-19H2,1-3H3,(H2,25,26,27);1H. The number of methoxy groups -OCH3 is 1. The minimum absolute atomic E-state index is 0. The number of benzene rings is 1. The third-order valence-corrected chi connectivity index (χ3v) is 6.32. The zero-order valence-corrected chi connectivity index (χ0v) is 21.9. The molecule has 1 aromatic carbocycles. The van der Waals surface area contributed by atoms with E-state index in [-0.39, 0.29) is 24.0 Å². The van der Waals surface area contributed by atoms with Gasteiger partial charge in [-0.15, -0.1) is 24.0 Å². The quantitative estimate of drug-likeness (QED) is 0.282. The SMILES string of the molecule is CCCN1CCC(NC(=NCC(c2ccc(OC)cc2)N2CCCC2)NCC)CC1.I. The number of hydrogen-bond acceptors (Lipinski definition) is 4. The van der Waals surface area contributed by atoms with E-state index in [2.05, 4.69) is 58.5 Å². The first kappa shape index (κ1) is 26.2. The van der Waals surface area contributed by atoms with E-state index in [1.54, 1.807) is 7.11 Å². The van der Waals surface area contributed by atoms with E-state index >= 15 is 0 Å². The summed E-state index contributed by atoms with van der Waals surface area (Å²) in [5, 5.41) is 7.18. The lowest BCUT2D eigenvalue weighted by Gasteiger charge is -2.33. The third-order valence-electron chi connectivity index (χ3n) is 6.32. The minimum atomic E-state index is 0. The lowest BCUT2D eigenvalue weighted by molar-refractivity contribution is 0.206. The molecular weight excluding hydrogens is 501 g/mol. The average molecular weight is 544 g/mol. The summed E-state index contributed by atoms with van der Waals surface area (Å²) in [4.78, 5) is 10.2. The summed E-state index contributed by atoms with van der Waals surface area (Å²) in [7, 11) is 1.72. The monoisotopic (exact) mass is 543 g/mol. The first-order chi connectivity index (χ1) is 14.7. The molecule has 0 aliphatic carbocycles. The van der Waals surface area contributed by atoms with Crippen LogP contribution in [0.25, 0.3) is 0 Å². The molecule has 0 spiro atoms. The Morgan fingerprint density at radius 3 is 2.35 bits per heavy atom. The summed E-state index contributed by atoms with van der Waals surface area (Å²) < 4.78 is 5.35. The lowest BCUT2D eigenvalue weighted by atomic mass is 10.0. The van der Waals surface area contributed by atoms with Gasteiger partial charge in [-0.2, -0.15) is 0 Å². The summed E-state index contributed by atoms with van der Waals surface area (Å²) >= 11 is 0. The fraction of sp³-hybridized carbons (Fsp3) is 0.708. The van der Waals surface area contributed by atoms with Crippen LogP contribution >= 0.6 is 24.0 Å². The molecule has 0 radical (unpaired) electrons. The molecule has 2 N–H and O–H groups in total. The zero-order chi connectivity index (χ0) is 21.2. The van der Waals surface area contributed by atoms with Crippen LogP contribution in [0.2, 0.25) is 0 Å². The summed E-state index contributed by atoms with van der Waals surface area (Å²) in [5.74, 6) is 1.87. The van der Waals surface area contributed by atoms with E-state index in [1.165, 1.54) is 57.3 Å². The van der Waals surface area contributed by atoms with Crippen molar-refractivity contribution in [2.75, 3.05) is 52.9 Å². The molecule has 1 aromatic rings. The fourth-order valence-electron chi connectivity index (χ4n) is 4.62. The Labute approximate surface area is 206 Å². The molecule has 2 aliphatic rings. The van der Waals surface area contributed by atoms with Crippen molar-refractivity contribution in [1.29, 1.82) is 0 Å². The summed E-state index contributed by atoms with van der Waals surface area (Å²) in [6.07, 6.45) is 6.19. The maximum absolute atomic E-state index is 5.35. The number of halogens is 1. The molecule has 2 heterocycles. The zero-order valence-electron chi connectivity index (χ0n) is 19.6. The highest BCUT2D eigenvalue weighted by atomic mass is 127. The van der Waals surface area contributed by atoms with E-state index in [4.69, 9.17) is 9.73 Å². The molecule has 6 nitrogen and oxygen atoms in total. The number of aliphatic imine (C=N–C) groups is 1. The Morgan fingerprint density at radius 1 is 1.10 bits per heavy atom. The van der Waals surface area contributed by atoms with Crippen LogP contribution in [0.3, 0.4) is 0 Å². The molecule has 2 saturated heterocycles. The van der Waals surface area contributed by atoms with Crippen LogP contribution in [0.4, 0.5) is 0 Å². The smallest absolute Gasteiger partial charge is 0.191 e. The first-order valence-corrected chi connectivity index (χ1v) is 11.9. The van der Waals surface area contributed by atoms with Gasteiger partial charge in [-0.05, 0) is 76.4 Å². The van der Waals surface area contributed by atoms with Gasteiger partial charge in [-0.1, -0.05) is 19.1 Å². The van der Waals surface area contributed by atoms with Crippen molar-refractivity contribution in [2.45, 2.75) is 58.0 Å². The van der Waals surface area contributed by atoms with Crippen molar-refractivity contribution in [1.82, 2.24) is 20.4 Å². The molecule has 176 valence electrons. The molecule has 0 bridgehead atoms. The van der Waals surface area contributed by atoms with E-state index in [9.17, 15) is 0 Å². The van der Waals surface area contributed by atoms with Gasteiger partial charge in [-0.25, -0.2) is 0 Å². The largest absolute Gasteiger partial charge is 0.497 e. The Balaban J connectivity index is 0.00000341. The molecule has 2 fully saturated rings. The predicted octanol–water partition coefficient (Wildman–Crippen LogP) is 3.88. The molecular formula is C24H42IN5O. The van der Waals surface area contributed by atoms with Crippen LogP contribution < -0.4 is 15.4 Å². The molecule has 0 amide bonds. The highest BCUT2D eigenvalue weighted by Crippen LogP contribution is 2.27. The molecule has 31 heavy (non-hydrogen) atoms. The Bertz CT molecular complexity index is 640. The van der Waals surface area contributed by atoms with Crippen LogP contribution in [-0.4, -0.2) is 74.7 Å². The number of likely N-dealkylation sites (tertiary alicyclic amines) is 2. The van der Waals surface area contributed by atoms with Crippen molar-refractivity contribution in [2.24, 2.45) is 4.99 Å². The number of nitrogens with one attached hydrogen (secondary N) is 2. The second-order valence-electron chi connectivity index (χ2n) is 8.51. The number of rotatable bonds is 9. The highest BCUT2D eigenvalue weighted by Gasteiger charge is 2.24. The number of guanidine groups is 1. The maximum Gasteiger partial charge on any atom is 0.191 e. The fourth-order valence-corrected chi connectivity index (χ4v) is 4.62. The highest BCUT2D eigenvalue weighted by molar-refractivity contribution is 14.0.